The van der Waals surface area contributed by atoms with Crippen molar-refractivity contribution in [1.82, 2.24) is 10.6 Å². The van der Waals surface area contributed by atoms with Crippen LogP contribution < -0.4 is 21.1 Å². The lowest BCUT2D eigenvalue weighted by atomic mass is 10.1. The largest absolute Gasteiger partial charge is 0.497 e. The Bertz CT molecular complexity index is 512. The molecule has 1 saturated carbocycles. The smallest absolute Gasteiger partial charge is 0.251 e. The van der Waals surface area contributed by atoms with Crippen molar-refractivity contribution in [2.75, 3.05) is 25.9 Å². The molecule has 0 saturated heterocycles. The summed E-state index contributed by atoms with van der Waals surface area (Å²) in [6.45, 7) is 0.814. The van der Waals surface area contributed by atoms with Crippen molar-refractivity contribution in [2.45, 2.75) is 12.8 Å². The Morgan fingerprint density at radius 2 is 1.95 bits per heavy atom. The normalized spacial score (nSPS) is 13.7. The van der Waals surface area contributed by atoms with Crippen LogP contribution in [0.3, 0.4) is 0 Å². The molecular weight excluding hydrogens is 258 g/mol. The number of carbonyl (C=O) groups is 2. The molecule has 0 spiro atoms. The Morgan fingerprint density at radius 1 is 1.25 bits per heavy atom. The Labute approximate surface area is 117 Å². The van der Waals surface area contributed by atoms with E-state index in [1.165, 1.54) is 7.11 Å². The number of benzene rings is 1. The highest BCUT2D eigenvalue weighted by atomic mass is 16.5. The zero-order chi connectivity index (χ0) is 14.5. The molecule has 0 atom stereocenters. The van der Waals surface area contributed by atoms with Gasteiger partial charge in [-0.15, -0.1) is 0 Å². The third kappa shape index (κ3) is 3.88. The van der Waals surface area contributed by atoms with Crippen LogP contribution in [0.15, 0.2) is 18.2 Å². The van der Waals surface area contributed by atoms with Crippen LogP contribution >= 0.6 is 0 Å². The van der Waals surface area contributed by atoms with Gasteiger partial charge in [-0.2, -0.15) is 0 Å². The van der Waals surface area contributed by atoms with E-state index in [1.807, 2.05) is 0 Å². The summed E-state index contributed by atoms with van der Waals surface area (Å²) >= 11 is 0. The maximum Gasteiger partial charge on any atom is 0.251 e. The average Bonchev–Trinajstić information content (AvgIpc) is 3.26. The molecule has 6 heteroatoms. The molecule has 20 heavy (non-hydrogen) atoms. The number of hydrogen-bond acceptors (Lipinski definition) is 4. The Hall–Kier alpha value is -2.24. The van der Waals surface area contributed by atoms with Crippen molar-refractivity contribution in [3.05, 3.63) is 23.8 Å². The van der Waals surface area contributed by atoms with Gasteiger partial charge in [0.2, 0.25) is 5.91 Å². The molecule has 1 aliphatic carbocycles. The molecule has 0 aromatic heterocycles. The Kier molecular flexibility index (Phi) is 4.45. The van der Waals surface area contributed by atoms with Crippen LogP contribution in [0.1, 0.15) is 23.2 Å². The Morgan fingerprint density at radius 3 is 2.60 bits per heavy atom. The lowest BCUT2D eigenvalue weighted by Crippen LogP contribution is -2.35. The second-order valence-corrected chi connectivity index (χ2v) is 4.82. The number of amides is 2. The fourth-order valence-electron chi connectivity index (χ4n) is 1.82. The highest BCUT2D eigenvalue weighted by Crippen LogP contribution is 2.28. The molecule has 0 radical (unpaired) electrons. The molecule has 108 valence electrons. The predicted octanol–water partition coefficient (Wildman–Crippen LogP) is 0.533. The van der Waals surface area contributed by atoms with Gasteiger partial charge in [-0.3, -0.25) is 9.59 Å². The van der Waals surface area contributed by atoms with E-state index in [0.29, 0.717) is 30.1 Å². The van der Waals surface area contributed by atoms with E-state index < -0.39 is 0 Å². The van der Waals surface area contributed by atoms with E-state index >= 15 is 0 Å². The first-order chi connectivity index (χ1) is 9.60. The minimum Gasteiger partial charge on any atom is -0.497 e. The van der Waals surface area contributed by atoms with Gasteiger partial charge in [0.05, 0.1) is 7.11 Å². The lowest BCUT2D eigenvalue weighted by Gasteiger charge is -2.08. The first-order valence-corrected chi connectivity index (χ1v) is 6.60. The van der Waals surface area contributed by atoms with Crippen LogP contribution in [0, 0.1) is 5.92 Å². The van der Waals surface area contributed by atoms with Gasteiger partial charge in [-0.1, -0.05) is 0 Å². The number of carbonyl (C=O) groups excluding carboxylic acids is 2. The minimum absolute atomic E-state index is 0.0740. The van der Waals surface area contributed by atoms with Gasteiger partial charge < -0.3 is 21.1 Å². The van der Waals surface area contributed by atoms with Crippen molar-refractivity contribution >= 4 is 17.5 Å². The first kappa shape index (κ1) is 14.2. The molecule has 1 fully saturated rings. The third-order valence-corrected chi connectivity index (χ3v) is 3.08. The molecule has 2 amide bonds. The SMILES string of the molecule is COc1cc(N)cc(C(=O)NCCNC(=O)C2CC2)c1. The van der Waals surface area contributed by atoms with Gasteiger partial charge in [-0.05, 0) is 25.0 Å². The Balaban J connectivity index is 1.79. The molecule has 2 rings (SSSR count). The molecule has 0 heterocycles. The van der Waals surface area contributed by atoms with Gasteiger partial charge in [0.1, 0.15) is 5.75 Å². The van der Waals surface area contributed by atoms with E-state index in [1.54, 1.807) is 18.2 Å². The molecule has 1 aromatic rings. The van der Waals surface area contributed by atoms with Gasteiger partial charge in [0.25, 0.3) is 5.91 Å². The van der Waals surface area contributed by atoms with Crippen molar-refractivity contribution in [1.29, 1.82) is 0 Å². The highest BCUT2D eigenvalue weighted by molar-refractivity contribution is 5.95. The van der Waals surface area contributed by atoms with Crippen LogP contribution in [0.4, 0.5) is 5.69 Å². The summed E-state index contributed by atoms with van der Waals surface area (Å²) < 4.78 is 5.06. The van der Waals surface area contributed by atoms with Crippen LogP contribution in [-0.2, 0) is 4.79 Å². The lowest BCUT2D eigenvalue weighted by molar-refractivity contribution is -0.122. The number of nitrogen functional groups attached to an aromatic ring is 1. The summed E-state index contributed by atoms with van der Waals surface area (Å²) in [6.07, 6.45) is 1.95. The van der Waals surface area contributed by atoms with Crippen LogP contribution in [0.25, 0.3) is 0 Å². The van der Waals surface area contributed by atoms with Crippen LogP contribution in [-0.4, -0.2) is 32.0 Å². The fourth-order valence-corrected chi connectivity index (χ4v) is 1.82. The number of ether oxygens (including phenoxy) is 1. The maximum atomic E-state index is 11.9. The summed E-state index contributed by atoms with van der Waals surface area (Å²) in [7, 11) is 1.52. The number of nitrogens with one attached hydrogen (secondary N) is 2. The van der Waals surface area contributed by atoms with E-state index in [-0.39, 0.29) is 17.7 Å². The second kappa shape index (κ2) is 6.27. The molecule has 4 N–H and O–H groups in total. The quantitative estimate of drug-likeness (QED) is 0.522. The number of anilines is 1. The van der Waals surface area contributed by atoms with Crippen LogP contribution in [0.2, 0.25) is 0 Å². The van der Waals surface area contributed by atoms with Crippen molar-refractivity contribution in [3.8, 4) is 5.75 Å². The topological polar surface area (TPSA) is 93.4 Å². The number of methoxy groups -OCH3 is 1. The average molecular weight is 277 g/mol. The summed E-state index contributed by atoms with van der Waals surface area (Å²) in [4.78, 5) is 23.3. The summed E-state index contributed by atoms with van der Waals surface area (Å²) in [5.41, 5.74) is 6.60. The van der Waals surface area contributed by atoms with E-state index in [2.05, 4.69) is 10.6 Å². The van der Waals surface area contributed by atoms with E-state index in [9.17, 15) is 9.59 Å². The zero-order valence-electron chi connectivity index (χ0n) is 11.4. The molecule has 6 nitrogen and oxygen atoms in total. The molecule has 0 bridgehead atoms. The molecule has 0 unspecified atom stereocenters. The zero-order valence-corrected chi connectivity index (χ0v) is 11.4. The van der Waals surface area contributed by atoms with Gasteiger partial charge in [0.15, 0.2) is 0 Å². The number of rotatable bonds is 6. The highest BCUT2D eigenvalue weighted by Gasteiger charge is 2.28. The summed E-state index contributed by atoms with van der Waals surface area (Å²) in [5, 5.41) is 5.51. The van der Waals surface area contributed by atoms with Crippen LogP contribution in [0.5, 0.6) is 5.75 Å². The molecule has 1 aromatic carbocycles. The van der Waals surface area contributed by atoms with Crippen molar-refractivity contribution in [3.63, 3.8) is 0 Å². The summed E-state index contributed by atoms with van der Waals surface area (Å²) in [5.74, 6) is 0.558. The first-order valence-electron chi connectivity index (χ1n) is 6.60. The number of nitrogens with two attached hydrogens (primary N) is 1. The minimum atomic E-state index is -0.240. The standard InChI is InChI=1S/C14H19N3O3/c1-20-12-7-10(6-11(15)8-12)14(19)17-5-4-16-13(18)9-2-3-9/h6-9H,2-5,15H2,1H3,(H,16,18)(H,17,19). The fraction of sp³-hybridized carbons (Fsp3) is 0.429. The maximum absolute atomic E-state index is 11.9. The van der Waals surface area contributed by atoms with Crippen molar-refractivity contribution < 1.29 is 14.3 Å². The van der Waals surface area contributed by atoms with Gasteiger partial charge >= 0.3 is 0 Å². The van der Waals surface area contributed by atoms with Gasteiger partial charge in [0, 0.05) is 36.3 Å². The number of hydrogen-bond donors (Lipinski definition) is 3. The second-order valence-electron chi connectivity index (χ2n) is 4.82. The molecule has 0 aliphatic heterocycles. The molecule has 1 aliphatic rings. The van der Waals surface area contributed by atoms with E-state index in [0.717, 1.165) is 12.8 Å². The molecular formula is C14H19N3O3. The summed E-state index contributed by atoms with van der Waals surface area (Å²) in [6, 6.07) is 4.85. The monoisotopic (exact) mass is 277 g/mol. The van der Waals surface area contributed by atoms with Gasteiger partial charge in [-0.25, -0.2) is 0 Å². The van der Waals surface area contributed by atoms with E-state index in [4.69, 9.17) is 10.5 Å². The van der Waals surface area contributed by atoms with Crippen molar-refractivity contribution in [2.24, 2.45) is 5.92 Å². The predicted molar refractivity (Wildman–Crippen MR) is 75.5 cm³/mol. The third-order valence-electron chi connectivity index (χ3n) is 3.08.